The second-order valence-electron chi connectivity index (χ2n) is 5.89. The summed E-state index contributed by atoms with van der Waals surface area (Å²) in [5.74, 6) is 0.802. The number of rotatable bonds is 4. The van der Waals surface area contributed by atoms with Gasteiger partial charge in [0.05, 0.1) is 0 Å². The fourth-order valence-electron chi connectivity index (χ4n) is 3.47. The van der Waals surface area contributed by atoms with Gasteiger partial charge in [-0.25, -0.2) is 0 Å². The summed E-state index contributed by atoms with van der Waals surface area (Å²) < 4.78 is 0. The average Bonchev–Trinajstić information content (AvgIpc) is 2.96. The molecule has 2 unspecified atom stereocenters. The molecule has 21 heavy (non-hydrogen) atoms. The van der Waals surface area contributed by atoms with Crippen molar-refractivity contribution in [3.05, 3.63) is 60.7 Å². The number of alkyl halides is 1. The number of halogens is 1. The van der Waals surface area contributed by atoms with Crippen molar-refractivity contribution in [2.45, 2.75) is 36.7 Å². The normalized spacial score (nSPS) is 23.4. The summed E-state index contributed by atoms with van der Waals surface area (Å²) in [6.07, 6.45) is 4.08. The van der Waals surface area contributed by atoms with Crippen LogP contribution in [0.25, 0.3) is 0 Å². The smallest absolute Gasteiger partial charge is 0.0180 e. The van der Waals surface area contributed by atoms with Crippen molar-refractivity contribution < 1.29 is 0 Å². The highest BCUT2D eigenvalue weighted by molar-refractivity contribution is 9.09. The van der Waals surface area contributed by atoms with E-state index in [0.717, 1.165) is 11.6 Å². The summed E-state index contributed by atoms with van der Waals surface area (Å²) >= 11 is 3.93. The molecule has 0 heterocycles. The first-order valence-electron chi connectivity index (χ1n) is 7.81. The molecule has 0 nitrogen and oxygen atoms in total. The lowest BCUT2D eigenvalue weighted by atomic mass is 10.1. The van der Waals surface area contributed by atoms with Crippen molar-refractivity contribution in [3.8, 4) is 0 Å². The molecule has 1 fully saturated rings. The van der Waals surface area contributed by atoms with Gasteiger partial charge in [0.25, 0.3) is 0 Å². The third kappa shape index (κ3) is 3.41. The van der Waals surface area contributed by atoms with E-state index in [2.05, 4.69) is 83.5 Å². The zero-order chi connectivity index (χ0) is 14.7. The molecule has 0 bridgehead atoms. The molecular formula is C19H22BrP. The van der Waals surface area contributed by atoms with Crippen LogP contribution < -0.4 is 10.6 Å². The largest absolute Gasteiger partial charge is 0.0887 e. The van der Waals surface area contributed by atoms with E-state index < -0.39 is 0 Å². The molecular weight excluding hydrogens is 339 g/mol. The Morgan fingerprint density at radius 1 is 0.905 bits per heavy atom. The van der Waals surface area contributed by atoms with Crippen LogP contribution in [0.2, 0.25) is 0 Å². The van der Waals surface area contributed by atoms with Gasteiger partial charge in [-0.3, -0.25) is 0 Å². The van der Waals surface area contributed by atoms with Crippen LogP contribution in [0.15, 0.2) is 60.7 Å². The minimum atomic E-state index is -0.280. The maximum absolute atomic E-state index is 3.93. The first kappa shape index (κ1) is 15.3. The zero-order valence-corrected chi connectivity index (χ0v) is 14.9. The van der Waals surface area contributed by atoms with Gasteiger partial charge in [-0.1, -0.05) is 89.9 Å². The molecule has 110 valence electrons. The highest BCUT2D eigenvalue weighted by Gasteiger charge is 2.34. The fraction of sp³-hybridized carbons (Fsp3) is 0.368. The third-order valence-corrected chi connectivity index (χ3v) is 8.62. The van der Waals surface area contributed by atoms with Gasteiger partial charge in [0.2, 0.25) is 0 Å². The Balaban J connectivity index is 1.96. The van der Waals surface area contributed by atoms with Crippen molar-refractivity contribution in [2.75, 3.05) is 0 Å². The molecule has 0 N–H and O–H groups in total. The van der Waals surface area contributed by atoms with Crippen LogP contribution in [0.5, 0.6) is 0 Å². The van der Waals surface area contributed by atoms with Gasteiger partial charge >= 0.3 is 0 Å². The van der Waals surface area contributed by atoms with E-state index in [0.29, 0.717) is 4.83 Å². The molecule has 3 atom stereocenters. The minimum Gasteiger partial charge on any atom is -0.0887 e. The molecule has 3 rings (SSSR count). The van der Waals surface area contributed by atoms with Crippen LogP contribution >= 0.6 is 23.9 Å². The maximum atomic E-state index is 3.93. The van der Waals surface area contributed by atoms with Gasteiger partial charge in [0.15, 0.2) is 0 Å². The van der Waals surface area contributed by atoms with Gasteiger partial charge in [-0.05, 0) is 42.9 Å². The molecule has 1 aliphatic rings. The van der Waals surface area contributed by atoms with Crippen molar-refractivity contribution in [2.24, 2.45) is 5.92 Å². The van der Waals surface area contributed by atoms with Gasteiger partial charge in [0.1, 0.15) is 0 Å². The minimum absolute atomic E-state index is 0.280. The lowest BCUT2D eigenvalue weighted by molar-refractivity contribution is 0.556. The van der Waals surface area contributed by atoms with E-state index in [1.807, 2.05) is 0 Å². The Bertz CT molecular complexity index is 515. The summed E-state index contributed by atoms with van der Waals surface area (Å²) in [7, 11) is -0.280. The van der Waals surface area contributed by atoms with Gasteiger partial charge in [-0.2, -0.15) is 0 Å². The topological polar surface area (TPSA) is 0 Å². The predicted octanol–water partition coefficient (Wildman–Crippen LogP) is 5.07. The standard InChI is InChI=1S/C19H22BrP/c1-15(18-13-8-14-19(18)20)21(16-9-4-2-5-10-16)17-11-6-3-7-12-17/h2-7,9-12,15,18-19H,8,13-14H2,1H3/t15-,18?,19?/m0/s1. The number of benzene rings is 2. The van der Waals surface area contributed by atoms with Crippen molar-refractivity contribution in [1.82, 2.24) is 0 Å². The highest BCUT2D eigenvalue weighted by atomic mass is 79.9. The van der Waals surface area contributed by atoms with E-state index in [1.54, 1.807) is 0 Å². The van der Waals surface area contributed by atoms with Crippen molar-refractivity contribution in [1.29, 1.82) is 0 Å². The van der Waals surface area contributed by atoms with Crippen LogP contribution in [0.1, 0.15) is 26.2 Å². The monoisotopic (exact) mass is 360 g/mol. The molecule has 2 aromatic rings. The van der Waals surface area contributed by atoms with Crippen LogP contribution in [-0.4, -0.2) is 10.5 Å². The summed E-state index contributed by atoms with van der Waals surface area (Å²) in [6, 6.07) is 22.2. The van der Waals surface area contributed by atoms with E-state index >= 15 is 0 Å². The molecule has 0 aliphatic heterocycles. The SMILES string of the molecule is C[C@@H](C1CCCC1Br)P(c1ccccc1)c1ccccc1. The fourth-order valence-corrected chi connectivity index (χ4v) is 7.72. The Morgan fingerprint density at radius 2 is 1.43 bits per heavy atom. The second kappa shape index (κ2) is 7.07. The Kier molecular flexibility index (Phi) is 5.14. The molecule has 0 saturated heterocycles. The van der Waals surface area contributed by atoms with Crippen LogP contribution in [0.4, 0.5) is 0 Å². The van der Waals surface area contributed by atoms with E-state index in [1.165, 1.54) is 29.9 Å². The van der Waals surface area contributed by atoms with Crippen LogP contribution in [0.3, 0.4) is 0 Å². The lowest BCUT2D eigenvalue weighted by Gasteiger charge is -2.31. The summed E-state index contributed by atoms with van der Waals surface area (Å²) in [5, 5.41) is 3.02. The van der Waals surface area contributed by atoms with Gasteiger partial charge < -0.3 is 0 Å². The summed E-state index contributed by atoms with van der Waals surface area (Å²) in [5.41, 5.74) is 0.719. The van der Waals surface area contributed by atoms with Crippen LogP contribution in [0, 0.1) is 5.92 Å². The van der Waals surface area contributed by atoms with Gasteiger partial charge in [-0.15, -0.1) is 0 Å². The van der Waals surface area contributed by atoms with E-state index in [4.69, 9.17) is 0 Å². The number of hydrogen-bond acceptors (Lipinski definition) is 0. The van der Waals surface area contributed by atoms with Crippen molar-refractivity contribution >= 4 is 34.5 Å². The third-order valence-electron chi connectivity index (χ3n) is 4.58. The Hall–Kier alpha value is -0.650. The van der Waals surface area contributed by atoms with E-state index in [9.17, 15) is 0 Å². The Morgan fingerprint density at radius 3 is 1.86 bits per heavy atom. The summed E-state index contributed by atoms with van der Waals surface area (Å²) in [4.78, 5) is 0.699. The lowest BCUT2D eigenvalue weighted by Crippen LogP contribution is -2.28. The van der Waals surface area contributed by atoms with Crippen molar-refractivity contribution in [3.63, 3.8) is 0 Å². The molecule has 2 heteroatoms. The molecule has 0 spiro atoms. The number of hydrogen-bond donors (Lipinski definition) is 0. The first-order valence-corrected chi connectivity index (χ1v) is 10.1. The van der Waals surface area contributed by atoms with E-state index in [-0.39, 0.29) is 7.92 Å². The zero-order valence-electron chi connectivity index (χ0n) is 12.5. The average molecular weight is 361 g/mol. The maximum Gasteiger partial charge on any atom is 0.0180 e. The molecule has 0 radical (unpaired) electrons. The second-order valence-corrected chi connectivity index (χ2v) is 9.66. The Labute approximate surface area is 137 Å². The van der Waals surface area contributed by atoms with Crippen LogP contribution in [-0.2, 0) is 0 Å². The molecule has 2 aromatic carbocycles. The predicted molar refractivity (Wildman–Crippen MR) is 98.6 cm³/mol. The molecule has 1 saturated carbocycles. The summed E-state index contributed by atoms with van der Waals surface area (Å²) in [6.45, 7) is 2.47. The molecule has 0 aromatic heterocycles. The molecule has 1 aliphatic carbocycles. The first-order chi connectivity index (χ1) is 10.3. The van der Waals surface area contributed by atoms with Gasteiger partial charge in [0, 0.05) is 4.83 Å². The quantitative estimate of drug-likeness (QED) is 0.527. The highest BCUT2D eigenvalue weighted by Crippen LogP contribution is 2.48. The molecule has 0 amide bonds.